The molecule has 0 amide bonds. The van der Waals surface area contributed by atoms with Crippen LogP contribution in [-0.2, 0) is 10.2 Å². The number of rotatable bonds is 2. The Hall–Kier alpha value is -2.05. The quantitative estimate of drug-likeness (QED) is 0.652. The van der Waals surface area contributed by atoms with Crippen molar-refractivity contribution in [2.45, 2.75) is 4.90 Å². The average molecular weight is 340 g/mol. The molecule has 0 fully saturated rings. The highest BCUT2D eigenvalue weighted by atomic mass is 35.5. The Balaban J connectivity index is 2.12. The van der Waals surface area contributed by atoms with Crippen LogP contribution in [0, 0.1) is 5.82 Å². The van der Waals surface area contributed by atoms with Crippen LogP contribution in [0.1, 0.15) is 0 Å². The molecule has 1 aromatic heterocycles. The van der Waals surface area contributed by atoms with Crippen LogP contribution in [0.3, 0.4) is 0 Å². The molecule has 22 heavy (non-hydrogen) atoms. The Morgan fingerprint density at radius 2 is 1.68 bits per heavy atom. The van der Waals surface area contributed by atoms with Gasteiger partial charge in [-0.2, -0.15) is 8.42 Å². The summed E-state index contributed by atoms with van der Waals surface area (Å²) in [5.74, 6) is -0.415. The second kappa shape index (κ2) is 5.30. The van der Waals surface area contributed by atoms with Crippen LogP contribution < -0.4 is 0 Å². The first-order chi connectivity index (χ1) is 10.3. The lowest BCUT2D eigenvalue weighted by atomic mass is 10.1. The fourth-order valence-corrected chi connectivity index (χ4v) is 2.81. The van der Waals surface area contributed by atoms with Gasteiger partial charge in [-0.1, -0.05) is 23.7 Å². The summed E-state index contributed by atoms with van der Waals surface area (Å²) >= 11 is 6.13. The second-order valence-electron chi connectivity index (χ2n) is 4.61. The molecule has 0 atom stereocenters. The van der Waals surface area contributed by atoms with Crippen molar-refractivity contribution < 1.29 is 16.7 Å². The van der Waals surface area contributed by atoms with Gasteiger partial charge in [0, 0.05) is 10.9 Å². The summed E-state index contributed by atoms with van der Waals surface area (Å²) in [5, 5.41) is 0.801. The molecule has 3 rings (SSSR count). The molecule has 0 aliphatic rings. The van der Waals surface area contributed by atoms with E-state index in [1.807, 2.05) is 0 Å². The highest BCUT2D eigenvalue weighted by Gasteiger charge is 2.12. The Morgan fingerprint density at radius 1 is 1.00 bits per heavy atom. The first-order valence-electron chi connectivity index (χ1n) is 6.15. The third kappa shape index (κ3) is 2.80. The highest BCUT2D eigenvalue weighted by Crippen LogP contribution is 2.29. The fourth-order valence-electron chi connectivity index (χ4n) is 2.09. The van der Waals surface area contributed by atoms with Gasteiger partial charge in [0.1, 0.15) is 5.82 Å². The maximum Gasteiger partial charge on any atom is 0.332 e. The molecule has 2 aromatic carbocycles. The lowest BCUT2D eigenvalue weighted by Crippen LogP contribution is -1.92. The standard InChI is InChI=1S/C15H8ClF2NO2S/c16-13-8-15(19-14-6-3-10(17)7-12(13)14)9-1-4-11(5-2-9)22(18,20)21/h1-8H. The molecule has 3 aromatic rings. The van der Waals surface area contributed by atoms with Crippen LogP contribution >= 0.6 is 11.6 Å². The summed E-state index contributed by atoms with van der Waals surface area (Å²) in [4.78, 5) is 3.92. The van der Waals surface area contributed by atoms with Gasteiger partial charge in [-0.25, -0.2) is 9.37 Å². The van der Waals surface area contributed by atoms with Gasteiger partial charge in [0.2, 0.25) is 0 Å². The Morgan fingerprint density at radius 3 is 2.32 bits per heavy atom. The monoisotopic (exact) mass is 339 g/mol. The molecule has 112 valence electrons. The van der Waals surface area contributed by atoms with Gasteiger partial charge in [0.15, 0.2) is 0 Å². The van der Waals surface area contributed by atoms with E-state index in [9.17, 15) is 16.7 Å². The first kappa shape index (κ1) is 14.9. The number of fused-ring (bicyclic) bond motifs is 1. The van der Waals surface area contributed by atoms with E-state index >= 15 is 0 Å². The lowest BCUT2D eigenvalue weighted by molar-refractivity contribution is 0.552. The fraction of sp³-hybridized carbons (Fsp3) is 0. The number of pyridine rings is 1. The van der Waals surface area contributed by atoms with Crippen molar-refractivity contribution >= 4 is 32.7 Å². The Kier molecular flexibility index (Phi) is 3.58. The Labute approximate surface area is 130 Å². The third-order valence-corrected chi connectivity index (χ3v) is 4.30. The number of aromatic nitrogens is 1. The maximum absolute atomic E-state index is 13.2. The van der Waals surface area contributed by atoms with Gasteiger partial charge in [0.05, 0.1) is 21.1 Å². The van der Waals surface area contributed by atoms with Crippen molar-refractivity contribution in [1.82, 2.24) is 4.98 Å². The summed E-state index contributed by atoms with van der Waals surface area (Å²) in [6.45, 7) is 0. The van der Waals surface area contributed by atoms with Crippen LogP contribution in [0.15, 0.2) is 53.4 Å². The van der Waals surface area contributed by atoms with E-state index in [4.69, 9.17) is 11.6 Å². The van der Waals surface area contributed by atoms with E-state index in [-0.39, 0.29) is 0 Å². The summed E-state index contributed by atoms with van der Waals surface area (Å²) < 4.78 is 47.7. The van der Waals surface area contributed by atoms with E-state index in [1.165, 1.54) is 30.3 Å². The zero-order chi connectivity index (χ0) is 15.9. The second-order valence-corrected chi connectivity index (χ2v) is 6.37. The lowest BCUT2D eigenvalue weighted by Gasteiger charge is -2.06. The minimum atomic E-state index is -4.74. The van der Waals surface area contributed by atoms with E-state index < -0.39 is 20.9 Å². The zero-order valence-corrected chi connectivity index (χ0v) is 12.5. The first-order valence-corrected chi connectivity index (χ1v) is 7.92. The molecule has 0 N–H and O–H groups in total. The molecular formula is C15H8ClF2NO2S. The van der Waals surface area contributed by atoms with E-state index in [0.717, 1.165) is 12.1 Å². The molecule has 0 aliphatic heterocycles. The Bertz CT molecular complexity index is 973. The number of hydrogen-bond acceptors (Lipinski definition) is 3. The van der Waals surface area contributed by atoms with Gasteiger partial charge in [-0.05, 0) is 36.4 Å². The van der Waals surface area contributed by atoms with Gasteiger partial charge < -0.3 is 0 Å². The molecule has 7 heteroatoms. The molecule has 0 unspecified atom stereocenters. The minimum Gasteiger partial charge on any atom is -0.248 e. The predicted octanol–water partition coefficient (Wildman–Crippen LogP) is 4.35. The largest absolute Gasteiger partial charge is 0.332 e. The van der Waals surface area contributed by atoms with E-state index in [1.54, 1.807) is 6.07 Å². The highest BCUT2D eigenvalue weighted by molar-refractivity contribution is 7.86. The molecule has 1 heterocycles. The number of nitrogens with zero attached hydrogens (tertiary/aromatic N) is 1. The van der Waals surface area contributed by atoms with Crippen LogP contribution in [0.25, 0.3) is 22.2 Å². The molecule has 0 aliphatic carbocycles. The summed E-state index contributed by atoms with van der Waals surface area (Å²) in [6, 6.07) is 10.8. The third-order valence-electron chi connectivity index (χ3n) is 3.15. The molecule has 3 nitrogen and oxygen atoms in total. The number of hydrogen-bond donors (Lipinski definition) is 0. The van der Waals surface area contributed by atoms with Gasteiger partial charge >= 0.3 is 10.2 Å². The topological polar surface area (TPSA) is 47.0 Å². The zero-order valence-electron chi connectivity index (χ0n) is 10.9. The summed E-state index contributed by atoms with van der Waals surface area (Å²) in [6.07, 6.45) is 0. The van der Waals surface area contributed by atoms with Gasteiger partial charge in [0.25, 0.3) is 0 Å². The van der Waals surface area contributed by atoms with Crippen molar-refractivity contribution in [2.24, 2.45) is 0 Å². The minimum absolute atomic E-state index is 0.321. The van der Waals surface area contributed by atoms with E-state index in [2.05, 4.69) is 4.98 Å². The van der Waals surface area contributed by atoms with Crippen LogP contribution in [0.2, 0.25) is 5.02 Å². The molecule has 0 spiro atoms. The SMILES string of the molecule is O=S(=O)(F)c1ccc(-c2cc(Cl)c3cc(F)ccc3n2)cc1. The summed E-state index contributed by atoms with van der Waals surface area (Å²) in [7, 11) is -4.74. The molecule has 0 saturated carbocycles. The van der Waals surface area contributed by atoms with Gasteiger partial charge in [-0.15, -0.1) is 3.89 Å². The molecule has 0 bridgehead atoms. The van der Waals surface area contributed by atoms with Crippen LogP contribution in [0.5, 0.6) is 0 Å². The van der Waals surface area contributed by atoms with E-state index in [0.29, 0.717) is 27.2 Å². The van der Waals surface area contributed by atoms with Crippen molar-refractivity contribution in [3.63, 3.8) is 0 Å². The molecule has 0 radical (unpaired) electrons. The van der Waals surface area contributed by atoms with Crippen molar-refractivity contribution in [3.8, 4) is 11.3 Å². The van der Waals surface area contributed by atoms with Crippen LogP contribution in [0.4, 0.5) is 8.28 Å². The normalized spacial score (nSPS) is 11.8. The smallest absolute Gasteiger partial charge is 0.248 e. The predicted molar refractivity (Wildman–Crippen MR) is 80.4 cm³/mol. The van der Waals surface area contributed by atoms with Crippen LogP contribution in [-0.4, -0.2) is 13.4 Å². The van der Waals surface area contributed by atoms with Crippen molar-refractivity contribution in [1.29, 1.82) is 0 Å². The summed E-state index contributed by atoms with van der Waals surface area (Å²) in [5.41, 5.74) is 1.55. The molecular weight excluding hydrogens is 332 g/mol. The van der Waals surface area contributed by atoms with Crippen molar-refractivity contribution in [3.05, 3.63) is 59.4 Å². The van der Waals surface area contributed by atoms with Gasteiger partial charge in [-0.3, -0.25) is 0 Å². The van der Waals surface area contributed by atoms with Crippen molar-refractivity contribution in [2.75, 3.05) is 0 Å². The number of halogens is 3. The molecule has 0 saturated heterocycles. The average Bonchev–Trinajstić information content (AvgIpc) is 2.47. The maximum atomic E-state index is 13.2. The number of benzene rings is 2.